The molecule has 0 bridgehead atoms. The van der Waals surface area contributed by atoms with E-state index in [0.29, 0.717) is 11.4 Å². The number of amides is 1. The van der Waals surface area contributed by atoms with Crippen molar-refractivity contribution in [1.82, 2.24) is 0 Å². The number of rotatable bonds is 5. The van der Waals surface area contributed by atoms with Gasteiger partial charge in [0.15, 0.2) is 6.10 Å². The van der Waals surface area contributed by atoms with Crippen LogP contribution < -0.4 is 10.1 Å². The maximum atomic E-state index is 12.1. The van der Waals surface area contributed by atoms with Crippen LogP contribution in [0.3, 0.4) is 0 Å². The van der Waals surface area contributed by atoms with Crippen LogP contribution >= 0.6 is 0 Å². The first kappa shape index (κ1) is 15.1. The third-order valence-electron chi connectivity index (χ3n) is 3.06. The quantitative estimate of drug-likeness (QED) is 0.887. The maximum Gasteiger partial charge on any atom is 0.265 e. The van der Waals surface area contributed by atoms with E-state index in [9.17, 15) is 9.90 Å². The van der Waals surface area contributed by atoms with Gasteiger partial charge in [0.25, 0.3) is 5.91 Å². The number of aliphatic hydroxyl groups excluding tert-OH is 1. The average Bonchev–Trinajstić information content (AvgIpc) is 2.48. The van der Waals surface area contributed by atoms with Crippen LogP contribution in [0.4, 0.5) is 5.69 Å². The highest BCUT2D eigenvalue weighted by Crippen LogP contribution is 2.18. The molecule has 4 heteroatoms. The summed E-state index contributed by atoms with van der Waals surface area (Å²) in [6.45, 7) is 3.38. The van der Waals surface area contributed by atoms with Gasteiger partial charge in [-0.1, -0.05) is 30.3 Å². The molecule has 0 spiro atoms. The second kappa shape index (κ2) is 6.90. The molecular formula is C17H19NO3. The predicted molar refractivity (Wildman–Crippen MR) is 82.2 cm³/mol. The third kappa shape index (κ3) is 4.33. The zero-order valence-electron chi connectivity index (χ0n) is 12.1. The number of carbonyl (C=O) groups is 1. The largest absolute Gasteiger partial charge is 0.481 e. The van der Waals surface area contributed by atoms with Crippen LogP contribution in [-0.2, 0) is 4.79 Å². The van der Waals surface area contributed by atoms with Crippen molar-refractivity contribution in [3.8, 4) is 5.75 Å². The average molecular weight is 285 g/mol. The number of nitrogens with one attached hydrogen (secondary N) is 1. The van der Waals surface area contributed by atoms with Crippen molar-refractivity contribution in [3.05, 3.63) is 60.2 Å². The van der Waals surface area contributed by atoms with E-state index in [-0.39, 0.29) is 5.91 Å². The Labute approximate surface area is 124 Å². The summed E-state index contributed by atoms with van der Waals surface area (Å²) >= 11 is 0. The molecule has 0 aliphatic rings. The second-order valence-corrected chi connectivity index (χ2v) is 4.86. The Balaban J connectivity index is 1.99. The number of hydrogen-bond acceptors (Lipinski definition) is 3. The van der Waals surface area contributed by atoms with Crippen LogP contribution in [0.2, 0.25) is 0 Å². The van der Waals surface area contributed by atoms with Gasteiger partial charge in [-0.25, -0.2) is 0 Å². The van der Waals surface area contributed by atoms with E-state index < -0.39 is 12.2 Å². The summed E-state index contributed by atoms with van der Waals surface area (Å²) in [5.74, 6) is 0.416. The molecule has 0 radical (unpaired) electrons. The Morgan fingerprint density at radius 2 is 1.81 bits per heavy atom. The van der Waals surface area contributed by atoms with Crippen molar-refractivity contribution in [2.75, 3.05) is 5.32 Å². The van der Waals surface area contributed by atoms with E-state index >= 15 is 0 Å². The molecule has 0 aliphatic carbocycles. The van der Waals surface area contributed by atoms with Crippen LogP contribution in [0, 0.1) is 0 Å². The molecule has 110 valence electrons. The highest BCUT2D eigenvalue weighted by Gasteiger charge is 2.15. The number of hydrogen-bond donors (Lipinski definition) is 2. The number of benzene rings is 2. The molecule has 0 aromatic heterocycles. The van der Waals surface area contributed by atoms with E-state index in [4.69, 9.17) is 4.74 Å². The lowest BCUT2D eigenvalue weighted by Gasteiger charge is -2.15. The first-order chi connectivity index (χ1) is 10.1. The molecule has 2 rings (SSSR count). The summed E-state index contributed by atoms with van der Waals surface area (Å²) in [4.78, 5) is 12.1. The van der Waals surface area contributed by atoms with E-state index in [1.165, 1.54) is 0 Å². The zero-order valence-corrected chi connectivity index (χ0v) is 12.1. The minimum Gasteiger partial charge on any atom is -0.481 e. The first-order valence-corrected chi connectivity index (χ1v) is 6.87. The fourth-order valence-corrected chi connectivity index (χ4v) is 1.88. The Bertz CT molecular complexity index is 596. The van der Waals surface area contributed by atoms with E-state index in [0.717, 1.165) is 5.56 Å². The summed E-state index contributed by atoms with van der Waals surface area (Å²) in [6.07, 6.45) is -1.18. The predicted octanol–water partition coefficient (Wildman–Crippen LogP) is 3.15. The molecule has 2 N–H and O–H groups in total. The van der Waals surface area contributed by atoms with Gasteiger partial charge in [-0.2, -0.15) is 0 Å². The molecule has 2 aromatic carbocycles. The van der Waals surface area contributed by atoms with Gasteiger partial charge in [-0.15, -0.1) is 0 Å². The van der Waals surface area contributed by atoms with Crippen molar-refractivity contribution in [1.29, 1.82) is 0 Å². The molecule has 2 atom stereocenters. The minimum absolute atomic E-state index is 0.235. The van der Waals surface area contributed by atoms with Crippen LogP contribution in [-0.4, -0.2) is 17.1 Å². The Kier molecular flexibility index (Phi) is 4.95. The topological polar surface area (TPSA) is 58.6 Å². The van der Waals surface area contributed by atoms with Crippen molar-refractivity contribution >= 4 is 11.6 Å². The molecule has 1 amide bonds. The van der Waals surface area contributed by atoms with Gasteiger partial charge < -0.3 is 15.2 Å². The van der Waals surface area contributed by atoms with Crippen molar-refractivity contribution in [2.45, 2.75) is 26.1 Å². The van der Waals surface area contributed by atoms with Gasteiger partial charge >= 0.3 is 0 Å². The molecule has 0 saturated carbocycles. The highest BCUT2D eigenvalue weighted by atomic mass is 16.5. The summed E-state index contributed by atoms with van der Waals surface area (Å²) in [7, 11) is 0. The monoisotopic (exact) mass is 285 g/mol. The van der Waals surface area contributed by atoms with Crippen LogP contribution in [0.1, 0.15) is 25.5 Å². The fourth-order valence-electron chi connectivity index (χ4n) is 1.88. The van der Waals surface area contributed by atoms with Crippen LogP contribution in [0.25, 0.3) is 0 Å². The molecule has 0 aliphatic heterocycles. The lowest BCUT2D eigenvalue weighted by atomic mass is 10.1. The van der Waals surface area contributed by atoms with Gasteiger partial charge in [0, 0.05) is 5.69 Å². The SMILES string of the molecule is C[C@H](O)c1cccc(NC(=O)[C@@H](C)Oc2ccccc2)c1. The van der Waals surface area contributed by atoms with Crippen molar-refractivity contribution in [2.24, 2.45) is 0 Å². The Morgan fingerprint density at radius 1 is 1.10 bits per heavy atom. The minimum atomic E-state index is -0.609. The number of para-hydroxylation sites is 1. The Hall–Kier alpha value is -2.33. The molecule has 0 saturated heterocycles. The number of anilines is 1. The van der Waals surface area contributed by atoms with E-state index in [2.05, 4.69) is 5.32 Å². The number of aliphatic hydroxyl groups is 1. The fraction of sp³-hybridized carbons (Fsp3) is 0.235. The van der Waals surface area contributed by atoms with Crippen LogP contribution in [0.15, 0.2) is 54.6 Å². The molecule has 2 aromatic rings. The molecule has 0 heterocycles. The molecule has 0 unspecified atom stereocenters. The highest BCUT2D eigenvalue weighted by molar-refractivity contribution is 5.94. The summed E-state index contributed by atoms with van der Waals surface area (Å²) in [6, 6.07) is 16.3. The lowest BCUT2D eigenvalue weighted by molar-refractivity contribution is -0.122. The van der Waals surface area contributed by atoms with Gasteiger partial charge in [-0.3, -0.25) is 4.79 Å². The van der Waals surface area contributed by atoms with Gasteiger partial charge in [0.1, 0.15) is 5.75 Å². The maximum absolute atomic E-state index is 12.1. The Morgan fingerprint density at radius 3 is 2.48 bits per heavy atom. The van der Waals surface area contributed by atoms with Gasteiger partial charge in [0.05, 0.1) is 6.10 Å². The smallest absolute Gasteiger partial charge is 0.265 e. The molecule has 0 fully saturated rings. The molecule has 4 nitrogen and oxygen atoms in total. The summed E-state index contributed by atoms with van der Waals surface area (Å²) in [5.41, 5.74) is 1.39. The molecular weight excluding hydrogens is 266 g/mol. The second-order valence-electron chi connectivity index (χ2n) is 4.86. The summed E-state index contributed by atoms with van der Waals surface area (Å²) < 4.78 is 5.56. The standard InChI is InChI=1S/C17H19NO3/c1-12(19)14-7-6-8-15(11-14)18-17(20)13(2)21-16-9-4-3-5-10-16/h3-13,19H,1-2H3,(H,18,20)/t12-,13+/m0/s1. The summed E-state index contributed by atoms with van der Waals surface area (Å²) in [5, 5.41) is 12.3. The zero-order chi connectivity index (χ0) is 15.2. The number of ether oxygens (including phenoxy) is 1. The van der Waals surface area contributed by atoms with Crippen LogP contribution in [0.5, 0.6) is 5.75 Å². The van der Waals surface area contributed by atoms with Gasteiger partial charge in [-0.05, 0) is 43.7 Å². The van der Waals surface area contributed by atoms with Crippen molar-refractivity contribution < 1.29 is 14.6 Å². The van der Waals surface area contributed by atoms with E-state index in [1.54, 1.807) is 44.2 Å². The lowest BCUT2D eigenvalue weighted by Crippen LogP contribution is -2.30. The normalized spacial score (nSPS) is 13.3. The van der Waals surface area contributed by atoms with E-state index in [1.807, 2.05) is 24.3 Å². The van der Waals surface area contributed by atoms with Gasteiger partial charge in [0.2, 0.25) is 0 Å². The first-order valence-electron chi connectivity index (χ1n) is 6.87. The molecule has 21 heavy (non-hydrogen) atoms. The number of carbonyl (C=O) groups excluding carboxylic acids is 1. The van der Waals surface area contributed by atoms with Crippen molar-refractivity contribution in [3.63, 3.8) is 0 Å². The third-order valence-corrected chi connectivity index (χ3v) is 3.06.